The monoisotopic (exact) mass is 170 g/mol. The highest BCUT2D eigenvalue weighted by Gasteiger charge is 2.33. The molecule has 0 fully saturated rings. The zero-order chi connectivity index (χ0) is 8.72. The Hall–Kier alpha value is -0.990. The third kappa shape index (κ3) is 0.924. The number of carbonyl (C=O) groups excluding carboxylic acids is 1. The van der Waals surface area contributed by atoms with Gasteiger partial charge in [0.15, 0.2) is 5.78 Å². The van der Waals surface area contributed by atoms with Crippen LogP contribution in [0.5, 0.6) is 0 Å². The van der Waals surface area contributed by atoms with E-state index in [2.05, 4.69) is 0 Å². The van der Waals surface area contributed by atoms with Gasteiger partial charge in [-0.3, -0.25) is 4.79 Å². The van der Waals surface area contributed by atoms with Crippen LogP contribution in [-0.4, -0.2) is 12.0 Å². The lowest BCUT2D eigenvalue weighted by Gasteiger charge is -2.13. The van der Waals surface area contributed by atoms with Gasteiger partial charge in [-0.2, -0.15) is 0 Å². The highest BCUT2D eigenvalue weighted by molar-refractivity contribution is 6.02. The molecule has 0 saturated carbocycles. The number of rotatable bonds is 0. The van der Waals surface area contributed by atoms with Crippen LogP contribution in [0, 0.1) is 0 Å². The fraction of sp³-hybridized carbons (Fsp3) is 0.444. The number of alkyl halides is 1. The minimum absolute atomic E-state index is 0.0220. The lowest BCUT2D eigenvalue weighted by Crippen LogP contribution is -2.10. The molecule has 0 aliphatic heterocycles. The molecule has 12 heavy (non-hydrogen) atoms. The minimum Gasteiger partial charge on any atom is -0.294 e. The van der Waals surface area contributed by atoms with Crippen molar-refractivity contribution in [2.24, 2.45) is 0 Å². The standard InChI is InChI=1S/C9H8F2O/c10-6-2-3-7(11)9-5(6)1-4-8(9)12/h3,6H,1-2,4H2. The first kappa shape index (κ1) is 7.65. The summed E-state index contributed by atoms with van der Waals surface area (Å²) in [5.41, 5.74) is 0.397. The maximum atomic E-state index is 13.1. The van der Waals surface area contributed by atoms with Crippen LogP contribution in [0.2, 0.25) is 0 Å². The Kier molecular flexibility index (Phi) is 1.60. The van der Waals surface area contributed by atoms with Gasteiger partial charge in [0.2, 0.25) is 0 Å². The highest BCUT2D eigenvalue weighted by atomic mass is 19.1. The van der Waals surface area contributed by atoms with E-state index in [-0.39, 0.29) is 24.2 Å². The molecule has 1 nitrogen and oxygen atoms in total. The van der Waals surface area contributed by atoms with Gasteiger partial charge in [-0.1, -0.05) is 0 Å². The topological polar surface area (TPSA) is 17.1 Å². The number of carbonyl (C=O) groups is 1. The summed E-state index contributed by atoms with van der Waals surface area (Å²) in [6.45, 7) is 0. The Morgan fingerprint density at radius 2 is 2.17 bits per heavy atom. The molecule has 0 saturated heterocycles. The van der Waals surface area contributed by atoms with Gasteiger partial charge in [0.25, 0.3) is 0 Å². The second-order valence-corrected chi connectivity index (χ2v) is 3.08. The van der Waals surface area contributed by atoms with E-state index in [0.717, 1.165) is 6.08 Å². The van der Waals surface area contributed by atoms with Crippen molar-refractivity contribution in [2.75, 3.05) is 0 Å². The largest absolute Gasteiger partial charge is 0.294 e. The summed E-state index contributed by atoms with van der Waals surface area (Å²) in [5, 5.41) is 0. The average molecular weight is 170 g/mol. The molecule has 0 spiro atoms. The van der Waals surface area contributed by atoms with E-state index in [1.165, 1.54) is 0 Å². The summed E-state index contributed by atoms with van der Waals surface area (Å²) in [6, 6.07) is 0. The van der Waals surface area contributed by atoms with E-state index in [0.29, 0.717) is 12.0 Å². The molecule has 2 rings (SSSR count). The normalized spacial score (nSPS) is 29.0. The molecule has 1 atom stereocenters. The van der Waals surface area contributed by atoms with Gasteiger partial charge in [0.05, 0.1) is 5.57 Å². The average Bonchev–Trinajstić information content (AvgIpc) is 2.42. The lowest BCUT2D eigenvalue weighted by atomic mass is 9.97. The van der Waals surface area contributed by atoms with Gasteiger partial charge in [-0.25, -0.2) is 8.78 Å². The van der Waals surface area contributed by atoms with Crippen molar-refractivity contribution in [3.8, 4) is 0 Å². The SMILES string of the molecule is O=C1CCC2=C1C(F)=CCC2F. The number of hydrogen-bond donors (Lipinski definition) is 0. The molecule has 0 radical (unpaired) electrons. The summed E-state index contributed by atoms with van der Waals surface area (Å²) >= 11 is 0. The van der Waals surface area contributed by atoms with Crippen LogP contribution < -0.4 is 0 Å². The number of halogens is 2. The predicted molar refractivity (Wildman–Crippen MR) is 40.0 cm³/mol. The summed E-state index contributed by atoms with van der Waals surface area (Å²) < 4.78 is 26.0. The van der Waals surface area contributed by atoms with Crippen LogP contribution >= 0.6 is 0 Å². The lowest BCUT2D eigenvalue weighted by molar-refractivity contribution is -0.114. The molecule has 64 valence electrons. The number of allylic oxidation sites excluding steroid dienone is 4. The Bertz CT molecular complexity index is 302. The van der Waals surface area contributed by atoms with E-state index in [4.69, 9.17) is 0 Å². The summed E-state index contributed by atoms with van der Waals surface area (Å²) in [6.07, 6.45) is 0.777. The molecule has 3 heteroatoms. The van der Waals surface area contributed by atoms with E-state index in [9.17, 15) is 13.6 Å². The molecule has 0 aromatic rings. The van der Waals surface area contributed by atoms with Crippen molar-refractivity contribution in [1.29, 1.82) is 0 Å². The quantitative estimate of drug-likeness (QED) is 0.544. The summed E-state index contributed by atoms with van der Waals surface area (Å²) in [5.74, 6) is -0.775. The molecular formula is C9H8F2O. The van der Waals surface area contributed by atoms with Crippen LogP contribution in [-0.2, 0) is 4.79 Å². The van der Waals surface area contributed by atoms with Gasteiger partial charge >= 0.3 is 0 Å². The zero-order valence-electron chi connectivity index (χ0n) is 6.44. The molecule has 0 N–H and O–H groups in total. The van der Waals surface area contributed by atoms with Crippen molar-refractivity contribution >= 4 is 5.78 Å². The molecule has 0 amide bonds. The Morgan fingerprint density at radius 3 is 2.83 bits per heavy atom. The van der Waals surface area contributed by atoms with Gasteiger partial charge in [0, 0.05) is 12.8 Å². The Morgan fingerprint density at radius 1 is 1.42 bits per heavy atom. The Balaban J connectivity index is 2.46. The molecular weight excluding hydrogens is 162 g/mol. The van der Waals surface area contributed by atoms with Gasteiger partial charge in [-0.05, 0) is 18.1 Å². The third-order valence-electron chi connectivity index (χ3n) is 2.34. The van der Waals surface area contributed by atoms with E-state index in [1.807, 2.05) is 0 Å². The molecule has 0 heterocycles. The molecule has 0 aromatic heterocycles. The summed E-state index contributed by atoms with van der Waals surface area (Å²) in [7, 11) is 0. The predicted octanol–water partition coefficient (Wildman–Crippen LogP) is 2.24. The zero-order valence-corrected chi connectivity index (χ0v) is 6.44. The van der Waals surface area contributed by atoms with E-state index < -0.39 is 12.0 Å². The van der Waals surface area contributed by atoms with Crippen LogP contribution in [0.25, 0.3) is 0 Å². The summed E-state index contributed by atoms with van der Waals surface area (Å²) in [4.78, 5) is 11.1. The first-order valence-electron chi connectivity index (χ1n) is 3.96. The Labute approximate surface area is 68.8 Å². The maximum Gasteiger partial charge on any atom is 0.166 e. The number of ketones is 1. The van der Waals surface area contributed by atoms with E-state index in [1.54, 1.807) is 0 Å². The van der Waals surface area contributed by atoms with Crippen LogP contribution in [0.1, 0.15) is 19.3 Å². The van der Waals surface area contributed by atoms with Crippen LogP contribution in [0.4, 0.5) is 8.78 Å². The minimum atomic E-state index is -1.13. The highest BCUT2D eigenvalue weighted by Crippen LogP contribution is 2.37. The molecule has 2 aliphatic carbocycles. The van der Waals surface area contributed by atoms with Crippen LogP contribution in [0.15, 0.2) is 23.0 Å². The van der Waals surface area contributed by atoms with Crippen molar-refractivity contribution in [3.63, 3.8) is 0 Å². The fourth-order valence-corrected chi connectivity index (χ4v) is 1.73. The van der Waals surface area contributed by atoms with Crippen molar-refractivity contribution in [3.05, 3.63) is 23.0 Å². The first-order chi connectivity index (χ1) is 5.70. The van der Waals surface area contributed by atoms with Crippen LogP contribution in [0.3, 0.4) is 0 Å². The van der Waals surface area contributed by atoms with Crippen molar-refractivity contribution in [2.45, 2.75) is 25.4 Å². The first-order valence-corrected chi connectivity index (χ1v) is 3.96. The second-order valence-electron chi connectivity index (χ2n) is 3.08. The third-order valence-corrected chi connectivity index (χ3v) is 2.34. The molecule has 1 unspecified atom stereocenters. The van der Waals surface area contributed by atoms with Crippen molar-refractivity contribution in [1.82, 2.24) is 0 Å². The van der Waals surface area contributed by atoms with Crippen molar-refractivity contribution < 1.29 is 13.6 Å². The number of hydrogen-bond acceptors (Lipinski definition) is 1. The fourth-order valence-electron chi connectivity index (χ4n) is 1.73. The van der Waals surface area contributed by atoms with E-state index >= 15 is 0 Å². The maximum absolute atomic E-state index is 13.1. The molecule has 0 aromatic carbocycles. The van der Waals surface area contributed by atoms with Gasteiger partial charge in [-0.15, -0.1) is 0 Å². The molecule has 0 bridgehead atoms. The smallest absolute Gasteiger partial charge is 0.166 e. The second kappa shape index (κ2) is 2.51. The molecule has 2 aliphatic rings. The number of Topliss-reactive ketones (excluding diaryl/α,β-unsaturated/α-hetero) is 1. The van der Waals surface area contributed by atoms with Gasteiger partial charge in [0.1, 0.15) is 12.0 Å². The van der Waals surface area contributed by atoms with Gasteiger partial charge < -0.3 is 0 Å².